The molecule has 1 aromatic heterocycles. The highest BCUT2D eigenvalue weighted by Gasteiger charge is 2.36. The Kier molecular flexibility index (Phi) is 5.22. The van der Waals surface area contributed by atoms with Crippen molar-refractivity contribution < 1.29 is 9.53 Å². The molecule has 0 unspecified atom stereocenters. The number of piperidine rings is 1. The van der Waals surface area contributed by atoms with Gasteiger partial charge in [0, 0.05) is 29.3 Å². The standard InChI is InChI=1S/C20H22BrN3O2/c21-14-6-8-15(9-7-14)26-20-16(4-3-11-22-20)19(25)23-17-10-13-24-12-2-1-5-18(17)24/h3-4,6-9,11,17-18H,1-2,5,10,12-13H2,(H,23,25)/t17-,18+/m0/s1. The van der Waals surface area contributed by atoms with Crippen LogP contribution in [0.4, 0.5) is 0 Å². The first-order chi connectivity index (χ1) is 12.7. The third kappa shape index (κ3) is 3.76. The van der Waals surface area contributed by atoms with E-state index in [1.807, 2.05) is 24.3 Å². The molecule has 0 aliphatic carbocycles. The molecule has 0 bridgehead atoms. The van der Waals surface area contributed by atoms with Gasteiger partial charge in [-0.25, -0.2) is 4.98 Å². The second-order valence-corrected chi connectivity index (χ2v) is 7.80. The summed E-state index contributed by atoms with van der Waals surface area (Å²) in [5, 5.41) is 3.22. The summed E-state index contributed by atoms with van der Waals surface area (Å²) in [6, 6.07) is 11.7. The highest BCUT2D eigenvalue weighted by Crippen LogP contribution is 2.28. The lowest BCUT2D eigenvalue weighted by Crippen LogP contribution is -2.46. The van der Waals surface area contributed by atoms with Crippen molar-refractivity contribution in [1.82, 2.24) is 15.2 Å². The number of nitrogens with zero attached hydrogens (tertiary/aromatic N) is 2. The number of pyridine rings is 1. The predicted octanol–water partition coefficient (Wildman–Crippen LogP) is 3.99. The van der Waals surface area contributed by atoms with Crippen LogP contribution in [0, 0.1) is 0 Å². The fraction of sp³-hybridized carbons (Fsp3) is 0.400. The van der Waals surface area contributed by atoms with Gasteiger partial charge in [0.1, 0.15) is 11.3 Å². The Morgan fingerprint density at radius 3 is 2.85 bits per heavy atom. The Morgan fingerprint density at radius 1 is 1.15 bits per heavy atom. The summed E-state index contributed by atoms with van der Waals surface area (Å²) in [6.07, 6.45) is 6.34. The Hall–Kier alpha value is -1.92. The van der Waals surface area contributed by atoms with Crippen molar-refractivity contribution in [2.75, 3.05) is 13.1 Å². The summed E-state index contributed by atoms with van der Waals surface area (Å²) in [7, 11) is 0. The third-order valence-corrected chi connectivity index (χ3v) is 5.75. The highest BCUT2D eigenvalue weighted by atomic mass is 79.9. The zero-order chi connectivity index (χ0) is 17.9. The van der Waals surface area contributed by atoms with E-state index in [9.17, 15) is 4.79 Å². The van der Waals surface area contributed by atoms with Gasteiger partial charge < -0.3 is 10.1 Å². The van der Waals surface area contributed by atoms with E-state index in [1.165, 1.54) is 19.3 Å². The molecule has 2 aliphatic rings. The molecule has 3 heterocycles. The SMILES string of the molecule is O=C(N[C@H]1CCN2CCCC[C@H]12)c1cccnc1Oc1ccc(Br)cc1. The lowest BCUT2D eigenvalue weighted by Gasteiger charge is -2.32. The van der Waals surface area contributed by atoms with E-state index < -0.39 is 0 Å². The maximum Gasteiger partial charge on any atom is 0.257 e. The molecular weight excluding hydrogens is 394 g/mol. The summed E-state index contributed by atoms with van der Waals surface area (Å²) in [4.78, 5) is 19.7. The molecule has 2 saturated heterocycles. The summed E-state index contributed by atoms with van der Waals surface area (Å²) < 4.78 is 6.83. The molecule has 1 amide bonds. The lowest BCUT2D eigenvalue weighted by molar-refractivity contribution is 0.0912. The van der Waals surface area contributed by atoms with Crippen molar-refractivity contribution in [3.05, 3.63) is 52.6 Å². The number of carbonyl (C=O) groups excluding carboxylic acids is 1. The van der Waals surface area contributed by atoms with Crippen molar-refractivity contribution in [2.24, 2.45) is 0 Å². The zero-order valence-electron chi connectivity index (χ0n) is 14.5. The largest absolute Gasteiger partial charge is 0.438 e. The number of amides is 1. The minimum absolute atomic E-state index is 0.109. The Balaban J connectivity index is 1.48. The van der Waals surface area contributed by atoms with E-state index in [-0.39, 0.29) is 11.9 Å². The molecule has 4 rings (SSSR count). The smallest absolute Gasteiger partial charge is 0.257 e. The van der Waals surface area contributed by atoms with Gasteiger partial charge in [-0.15, -0.1) is 0 Å². The van der Waals surface area contributed by atoms with Crippen molar-refractivity contribution in [1.29, 1.82) is 0 Å². The van der Waals surface area contributed by atoms with Crippen LogP contribution in [0.3, 0.4) is 0 Å². The van der Waals surface area contributed by atoms with Crippen LogP contribution in [0.1, 0.15) is 36.0 Å². The molecule has 5 nitrogen and oxygen atoms in total. The number of ether oxygens (including phenoxy) is 1. The molecule has 136 valence electrons. The second kappa shape index (κ2) is 7.76. The van der Waals surface area contributed by atoms with E-state index in [0.717, 1.165) is 24.0 Å². The second-order valence-electron chi connectivity index (χ2n) is 6.88. The quantitative estimate of drug-likeness (QED) is 0.819. The first-order valence-corrected chi connectivity index (χ1v) is 9.93. The molecule has 26 heavy (non-hydrogen) atoms. The average Bonchev–Trinajstić information content (AvgIpc) is 3.07. The molecular formula is C20H22BrN3O2. The highest BCUT2D eigenvalue weighted by molar-refractivity contribution is 9.10. The molecule has 2 aromatic rings. The van der Waals surface area contributed by atoms with E-state index in [1.54, 1.807) is 18.3 Å². The summed E-state index contributed by atoms with van der Waals surface area (Å²) in [5.74, 6) is 0.883. The first-order valence-electron chi connectivity index (χ1n) is 9.14. The third-order valence-electron chi connectivity index (χ3n) is 5.22. The molecule has 2 fully saturated rings. The number of nitrogens with one attached hydrogen (secondary N) is 1. The minimum Gasteiger partial charge on any atom is -0.438 e. The van der Waals surface area contributed by atoms with Crippen LogP contribution < -0.4 is 10.1 Å². The summed E-state index contributed by atoms with van der Waals surface area (Å²) in [5.41, 5.74) is 0.477. The predicted molar refractivity (Wildman–Crippen MR) is 104 cm³/mol. The van der Waals surface area contributed by atoms with Crippen molar-refractivity contribution >= 4 is 21.8 Å². The van der Waals surface area contributed by atoms with E-state index in [4.69, 9.17) is 4.74 Å². The fourth-order valence-corrected chi connectivity index (χ4v) is 4.19. The molecule has 6 heteroatoms. The van der Waals surface area contributed by atoms with Crippen molar-refractivity contribution in [3.8, 4) is 11.6 Å². The van der Waals surface area contributed by atoms with Gasteiger partial charge in [0.15, 0.2) is 0 Å². The first kappa shape index (κ1) is 17.5. The topological polar surface area (TPSA) is 54.5 Å². The number of rotatable bonds is 4. The molecule has 2 atom stereocenters. The van der Waals surface area contributed by atoms with Crippen LogP contribution >= 0.6 is 15.9 Å². The molecule has 0 radical (unpaired) electrons. The number of fused-ring (bicyclic) bond motifs is 1. The summed E-state index contributed by atoms with van der Waals surface area (Å²) in [6.45, 7) is 2.23. The van der Waals surface area contributed by atoms with Gasteiger partial charge in [-0.1, -0.05) is 22.4 Å². The van der Waals surface area contributed by atoms with Gasteiger partial charge in [0.05, 0.1) is 0 Å². The number of carbonyl (C=O) groups is 1. The maximum absolute atomic E-state index is 12.9. The van der Waals surface area contributed by atoms with Gasteiger partial charge in [-0.3, -0.25) is 9.69 Å². The molecule has 1 aromatic carbocycles. The number of benzene rings is 1. The van der Waals surface area contributed by atoms with Crippen LogP contribution in [0.25, 0.3) is 0 Å². The number of hydrogen-bond acceptors (Lipinski definition) is 4. The normalized spacial score (nSPS) is 22.7. The van der Waals surface area contributed by atoms with E-state index >= 15 is 0 Å². The Labute approximate surface area is 161 Å². The van der Waals surface area contributed by atoms with Gasteiger partial charge in [-0.2, -0.15) is 0 Å². The number of hydrogen-bond donors (Lipinski definition) is 1. The van der Waals surface area contributed by atoms with Crippen LogP contribution in [-0.4, -0.2) is 41.0 Å². The molecule has 0 spiro atoms. The van der Waals surface area contributed by atoms with E-state index in [0.29, 0.717) is 23.2 Å². The van der Waals surface area contributed by atoms with Crippen molar-refractivity contribution in [2.45, 2.75) is 37.8 Å². The zero-order valence-corrected chi connectivity index (χ0v) is 16.1. The van der Waals surface area contributed by atoms with Crippen LogP contribution in [0.5, 0.6) is 11.6 Å². The Bertz CT molecular complexity index is 781. The molecule has 1 N–H and O–H groups in total. The lowest BCUT2D eigenvalue weighted by atomic mass is 9.99. The number of aromatic nitrogens is 1. The van der Waals surface area contributed by atoms with Crippen LogP contribution in [0.15, 0.2) is 47.1 Å². The van der Waals surface area contributed by atoms with Crippen molar-refractivity contribution in [3.63, 3.8) is 0 Å². The summed E-state index contributed by atoms with van der Waals surface area (Å²) >= 11 is 3.41. The molecule has 2 aliphatic heterocycles. The van der Waals surface area contributed by atoms with E-state index in [2.05, 4.69) is 31.1 Å². The number of halogens is 1. The van der Waals surface area contributed by atoms with Gasteiger partial charge >= 0.3 is 0 Å². The fourth-order valence-electron chi connectivity index (χ4n) is 3.92. The van der Waals surface area contributed by atoms with Crippen LogP contribution in [0.2, 0.25) is 0 Å². The molecule has 0 saturated carbocycles. The average molecular weight is 416 g/mol. The minimum atomic E-state index is -0.109. The van der Waals surface area contributed by atoms with Gasteiger partial charge in [0.2, 0.25) is 5.88 Å². The monoisotopic (exact) mass is 415 g/mol. The Morgan fingerprint density at radius 2 is 2.00 bits per heavy atom. The maximum atomic E-state index is 12.9. The van der Waals surface area contributed by atoms with Crippen LogP contribution in [-0.2, 0) is 0 Å². The van der Waals surface area contributed by atoms with Gasteiger partial charge in [-0.05, 0) is 62.2 Å². The van der Waals surface area contributed by atoms with Gasteiger partial charge in [0.25, 0.3) is 5.91 Å².